The van der Waals surface area contributed by atoms with Crippen LogP contribution < -0.4 is 10.1 Å². The lowest BCUT2D eigenvalue weighted by Gasteiger charge is -2.06. The summed E-state index contributed by atoms with van der Waals surface area (Å²) in [5, 5.41) is 2.81. The van der Waals surface area contributed by atoms with Crippen LogP contribution in [0.25, 0.3) is 0 Å². The fourth-order valence-electron chi connectivity index (χ4n) is 1.97. The lowest BCUT2D eigenvalue weighted by molar-refractivity contribution is 0.102. The monoisotopic (exact) mass is 255 g/mol. The fourth-order valence-corrected chi connectivity index (χ4v) is 1.97. The molecule has 1 amide bonds. The number of amides is 1. The van der Waals surface area contributed by atoms with Crippen LogP contribution >= 0.6 is 0 Å². The number of nitrogens with one attached hydrogen (secondary N) is 1. The zero-order chi connectivity index (χ0) is 13.2. The van der Waals surface area contributed by atoms with E-state index in [1.54, 1.807) is 6.20 Å². The summed E-state index contributed by atoms with van der Waals surface area (Å²) in [5.74, 6) is 0.638. The van der Waals surface area contributed by atoms with Gasteiger partial charge in [0.15, 0.2) is 0 Å². The maximum atomic E-state index is 12.0. The number of nitrogens with zero attached hydrogens (tertiary/aromatic N) is 2. The fraction of sp³-hybridized carbons (Fsp3) is 0.214. The van der Waals surface area contributed by atoms with E-state index >= 15 is 0 Å². The Kier molecular flexibility index (Phi) is 2.87. The molecule has 5 nitrogen and oxygen atoms in total. The number of carbonyl (C=O) groups excluding carboxylic acids is 1. The zero-order valence-corrected chi connectivity index (χ0v) is 10.5. The molecule has 0 unspecified atom stereocenters. The van der Waals surface area contributed by atoms with E-state index in [4.69, 9.17) is 4.74 Å². The molecule has 0 radical (unpaired) electrons. The third-order valence-electron chi connectivity index (χ3n) is 2.96. The first-order valence-electron chi connectivity index (χ1n) is 6.08. The lowest BCUT2D eigenvalue weighted by Crippen LogP contribution is -2.14. The van der Waals surface area contributed by atoms with Crippen molar-refractivity contribution in [3.8, 4) is 5.75 Å². The summed E-state index contributed by atoms with van der Waals surface area (Å²) in [6.07, 6.45) is 3.93. The molecule has 2 aromatic rings. The summed E-state index contributed by atoms with van der Waals surface area (Å²) in [6.45, 7) is 2.53. The Morgan fingerprint density at radius 3 is 3.00 bits per heavy atom. The highest BCUT2D eigenvalue weighted by Crippen LogP contribution is 2.27. The number of hydrogen-bond donors (Lipinski definition) is 1. The minimum Gasteiger partial charge on any atom is -0.493 e. The van der Waals surface area contributed by atoms with Crippen molar-refractivity contribution in [2.24, 2.45) is 0 Å². The van der Waals surface area contributed by atoms with Crippen LogP contribution in [0.1, 0.15) is 21.7 Å². The maximum absolute atomic E-state index is 12.0. The summed E-state index contributed by atoms with van der Waals surface area (Å²) >= 11 is 0. The third kappa shape index (κ3) is 2.40. The molecule has 0 aliphatic carbocycles. The third-order valence-corrected chi connectivity index (χ3v) is 2.96. The second-order valence-electron chi connectivity index (χ2n) is 4.42. The molecule has 0 saturated heterocycles. The van der Waals surface area contributed by atoms with Gasteiger partial charge in [-0.2, -0.15) is 0 Å². The topological polar surface area (TPSA) is 64.1 Å². The van der Waals surface area contributed by atoms with Crippen LogP contribution in [0, 0.1) is 6.92 Å². The molecule has 1 aliphatic rings. The normalized spacial score (nSPS) is 12.7. The number of rotatable bonds is 2. The van der Waals surface area contributed by atoms with Gasteiger partial charge in [-0.3, -0.25) is 9.78 Å². The number of hydrogen-bond acceptors (Lipinski definition) is 4. The highest BCUT2D eigenvalue weighted by atomic mass is 16.5. The summed E-state index contributed by atoms with van der Waals surface area (Å²) in [4.78, 5) is 20.1. The average molecular weight is 255 g/mol. The average Bonchev–Trinajstić information content (AvgIpc) is 2.87. The largest absolute Gasteiger partial charge is 0.493 e. The van der Waals surface area contributed by atoms with Crippen molar-refractivity contribution in [2.45, 2.75) is 13.3 Å². The van der Waals surface area contributed by atoms with Crippen LogP contribution in [0.3, 0.4) is 0 Å². The predicted octanol–water partition coefficient (Wildman–Crippen LogP) is 1.97. The molecular weight excluding hydrogens is 242 g/mol. The van der Waals surface area contributed by atoms with Crippen LogP contribution in [0.2, 0.25) is 0 Å². The minimum absolute atomic E-state index is 0.258. The van der Waals surface area contributed by atoms with Gasteiger partial charge in [0.1, 0.15) is 11.4 Å². The molecule has 1 aromatic heterocycles. The van der Waals surface area contributed by atoms with Gasteiger partial charge < -0.3 is 10.1 Å². The van der Waals surface area contributed by atoms with Crippen molar-refractivity contribution in [3.05, 3.63) is 47.5 Å². The molecule has 19 heavy (non-hydrogen) atoms. The van der Waals surface area contributed by atoms with E-state index in [0.29, 0.717) is 12.3 Å². The van der Waals surface area contributed by atoms with E-state index in [1.807, 2.05) is 25.1 Å². The smallest absolute Gasteiger partial charge is 0.275 e. The lowest BCUT2D eigenvalue weighted by atomic mass is 10.1. The van der Waals surface area contributed by atoms with Crippen molar-refractivity contribution in [3.63, 3.8) is 0 Å². The molecule has 1 aromatic carbocycles. The Balaban J connectivity index is 1.77. The van der Waals surface area contributed by atoms with Gasteiger partial charge in [0.05, 0.1) is 18.5 Å². The summed E-state index contributed by atoms with van der Waals surface area (Å²) in [5.41, 5.74) is 2.96. The first-order chi connectivity index (χ1) is 9.22. The minimum atomic E-state index is -0.258. The first-order valence-corrected chi connectivity index (χ1v) is 6.08. The van der Waals surface area contributed by atoms with Gasteiger partial charge in [-0.25, -0.2) is 4.98 Å². The van der Waals surface area contributed by atoms with Gasteiger partial charge in [-0.05, 0) is 30.7 Å². The van der Waals surface area contributed by atoms with Gasteiger partial charge in [-0.1, -0.05) is 0 Å². The van der Waals surface area contributed by atoms with Crippen molar-refractivity contribution >= 4 is 11.6 Å². The van der Waals surface area contributed by atoms with E-state index in [1.165, 1.54) is 6.20 Å². The van der Waals surface area contributed by atoms with Crippen LogP contribution in [-0.4, -0.2) is 22.5 Å². The van der Waals surface area contributed by atoms with Gasteiger partial charge in [0.2, 0.25) is 0 Å². The Morgan fingerprint density at radius 2 is 2.21 bits per heavy atom. The molecule has 0 spiro atoms. The molecule has 3 rings (SSSR count). The van der Waals surface area contributed by atoms with E-state index in [-0.39, 0.29) is 5.91 Å². The summed E-state index contributed by atoms with van der Waals surface area (Å²) in [7, 11) is 0. The molecule has 1 N–H and O–H groups in total. The highest BCUT2D eigenvalue weighted by molar-refractivity contribution is 6.02. The molecule has 1 aliphatic heterocycles. The van der Waals surface area contributed by atoms with E-state index in [2.05, 4.69) is 15.3 Å². The Labute approximate surface area is 110 Å². The summed E-state index contributed by atoms with van der Waals surface area (Å²) < 4.78 is 5.42. The summed E-state index contributed by atoms with van der Waals surface area (Å²) in [6, 6.07) is 5.63. The standard InChI is InChI=1S/C14H13N3O2/c1-9-7-16-12(8-15-9)14(18)17-11-2-3-13-10(6-11)4-5-19-13/h2-3,6-8H,4-5H2,1H3,(H,17,18). The number of aryl methyl sites for hydroxylation is 1. The van der Waals surface area contributed by atoms with Crippen LogP contribution in [-0.2, 0) is 6.42 Å². The Morgan fingerprint density at radius 1 is 1.32 bits per heavy atom. The second kappa shape index (κ2) is 4.68. The van der Waals surface area contributed by atoms with E-state index in [9.17, 15) is 4.79 Å². The number of carbonyl (C=O) groups is 1. The van der Waals surface area contributed by atoms with Crippen LogP contribution in [0.15, 0.2) is 30.6 Å². The Bertz CT molecular complexity index is 623. The van der Waals surface area contributed by atoms with E-state index in [0.717, 1.165) is 29.1 Å². The second-order valence-corrected chi connectivity index (χ2v) is 4.42. The van der Waals surface area contributed by atoms with Crippen molar-refractivity contribution in [1.29, 1.82) is 0 Å². The molecule has 0 bridgehead atoms. The predicted molar refractivity (Wildman–Crippen MR) is 70.4 cm³/mol. The number of ether oxygens (including phenoxy) is 1. The van der Waals surface area contributed by atoms with Gasteiger partial charge in [0, 0.05) is 18.3 Å². The van der Waals surface area contributed by atoms with E-state index < -0.39 is 0 Å². The maximum Gasteiger partial charge on any atom is 0.275 e. The van der Waals surface area contributed by atoms with Gasteiger partial charge in [0.25, 0.3) is 5.91 Å². The van der Waals surface area contributed by atoms with Crippen molar-refractivity contribution in [2.75, 3.05) is 11.9 Å². The van der Waals surface area contributed by atoms with Crippen LogP contribution in [0.5, 0.6) is 5.75 Å². The highest BCUT2D eigenvalue weighted by Gasteiger charge is 2.14. The number of aromatic nitrogens is 2. The first kappa shape index (κ1) is 11.6. The molecular formula is C14H13N3O2. The molecule has 5 heteroatoms. The van der Waals surface area contributed by atoms with Crippen molar-refractivity contribution < 1.29 is 9.53 Å². The quantitative estimate of drug-likeness (QED) is 0.891. The number of benzene rings is 1. The number of anilines is 1. The molecule has 0 atom stereocenters. The number of fused-ring (bicyclic) bond motifs is 1. The van der Waals surface area contributed by atoms with Gasteiger partial charge in [-0.15, -0.1) is 0 Å². The SMILES string of the molecule is Cc1cnc(C(=O)Nc2ccc3c(c2)CCO3)cn1. The van der Waals surface area contributed by atoms with Crippen LogP contribution in [0.4, 0.5) is 5.69 Å². The van der Waals surface area contributed by atoms with Gasteiger partial charge >= 0.3 is 0 Å². The molecule has 2 heterocycles. The zero-order valence-electron chi connectivity index (χ0n) is 10.5. The Hall–Kier alpha value is -2.43. The molecule has 96 valence electrons. The molecule has 0 saturated carbocycles. The van der Waals surface area contributed by atoms with Crippen molar-refractivity contribution in [1.82, 2.24) is 9.97 Å². The molecule has 0 fully saturated rings.